The van der Waals surface area contributed by atoms with E-state index in [1.165, 1.54) is 11.1 Å². The number of hydrogen-bond acceptors (Lipinski definition) is 2. The van der Waals surface area contributed by atoms with E-state index in [1.54, 1.807) is 6.20 Å². The van der Waals surface area contributed by atoms with E-state index >= 15 is 0 Å². The van der Waals surface area contributed by atoms with Crippen molar-refractivity contribution in [3.63, 3.8) is 0 Å². The van der Waals surface area contributed by atoms with E-state index in [9.17, 15) is 0 Å². The summed E-state index contributed by atoms with van der Waals surface area (Å²) in [6.45, 7) is 8.06. The van der Waals surface area contributed by atoms with Crippen molar-refractivity contribution in [3.8, 4) is 0 Å². The predicted octanol–water partition coefficient (Wildman–Crippen LogP) is 4.24. The quantitative estimate of drug-likeness (QED) is 0.888. The van der Waals surface area contributed by atoms with Crippen LogP contribution in [0.1, 0.15) is 31.9 Å². The maximum Gasteiger partial charge on any atom is 0.0785 e. The fraction of sp³-hybridized carbons (Fsp3) is 0.400. The summed E-state index contributed by atoms with van der Waals surface area (Å²) in [4.78, 5) is 0. The second-order valence-electron chi connectivity index (χ2n) is 5.89. The van der Waals surface area contributed by atoms with Crippen LogP contribution in [0.15, 0.2) is 35.1 Å². The Morgan fingerprint density at radius 3 is 2.65 bits per heavy atom. The smallest absolute Gasteiger partial charge is 0.0785 e. The van der Waals surface area contributed by atoms with E-state index in [2.05, 4.69) is 65.3 Å². The summed E-state index contributed by atoms with van der Waals surface area (Å²) in [7, 11) is 0. The van der Waals surface area contributed by atoms with E-state index in [0.29, 0.717) is 11.6 Å². The molecule has 0 saturated carbocycles. The van der Waals surface area contributed by atoms with Crippen LogP contribution < -0.4 is 5.32 Å². The van der Waals surface area contributed by atoms with Crippen LogP contribution in [0.5, 0.6) is 0 Å². The van der Waals surface area contributed by atoms with Crippen molar-refractivity contribution in [1.29, 1.82) is 0 Å². The van der Waals surface area contributed by atoms with Crippen LogP contribution in [0.3, 0.4) is 0 Å². The second kappa shape index (κ2) is 6.29. The molecule has 2 rings (SSSR count). The number of aromatic nitrogens is 2. The average molecular weight is 357 g/mol. The highest BCUT2D eigenvalue weighted by molar-refractivity contribution is 9.10. The van der Waals surface area contributed by atoms with Crippen molar-refractivity contribution in [2.75, 3.05) is 0 Å². The minimum Gasteiger partial charge on any atom is -0.308 e. The van der Waals surface area contributed by atoms with Gasteiger partial charge in [-0.05, 0) is 38.0 Å². The van der Waals surface area contributed by atoms with Gasteiger partial charge in [-0.15, -0.1) is 0 Å². The van der Waals surface area contributed by atoms with Gasteiger partial charge in [-0.3, -0.25) is 4.68 Å². The lowest BCUT2D eigenvalue weighted by Gasteiger charge is -2.20. The molecular weight excluding hydrogens is 338 g/mol. The molecule has 0 unspecified atom stereocenters. The lowest BCUT2D eigenvalue weighted by Crippen LogP contribution is -2.35. The van der Waals surface area contributed by atoms with Gasteiger partial charge >= 0.3 is 0 Å². The van der Waals surface area contributed by atoms with Crippen LogP contribution in [0.2, 0.25) is 5.02 Å². The van der Waals surface area contributed by atoms with Crippen LogP contribution in [-0.2, 0) is 13.1 Å². The third-order valence-corrected chi connectivity index (χ3v) is 3.81. The van der Waals surface area contributed by atoms with Gasteiger partial charge in [0.15, 0.2) is 0 Å². The van der Waals surface area contributed by atoms with Gasteiger partial charge in [-0.2, -0.15) is 5.10 Å². The first-order valence-corrected chi connectivity index (χ1v) is 7.71. The zero-order chi connectivity index (χ0) is 14.8. The largest absolute Gasteiger partial charge is 0.308 e. The monoisotopic (exact) mass is 355 g/mol. The highest BCUT2D eigenvalue weighted by Crippen LogP contribution is 2.20. The number of benzene rings is 1. The molecule has 108 valence electrons. The molecule has 0 aliphatic carbocycles. The summed E-state index contributed by atoms with van der Waals surface area (Å²) in [6, 6.07) is 6.42. The summed E-state index contributed by atoms with van der Waals surface area (Å²) in [5.41, 5.74) is 2.56. The third-order valence-electron chi connectivity index (χ3n) is 2.87. The highest BCUT2D eigenvalue weighted by atomic mass is 79.9. The van der Waals surface area contributed by atoms with E-state index in [-0.39, 0.29) is 5.54 Å². The Hall–Kier alpha value is -0.840. The molecule has 5 heteroatoms. The zero-order valence-corrected chi connectivity index (χ0v) is 14.3. The fourth-order valence-electron chi connectivity index (χ4n) is 1.80. The molecule has 0 aliphatic rings. The van der Waals surface area contributed by atoms with Crippen LogP contribution >= 0.6 is 27.5 Å². The Bertz CT molecular complexity index is 587. The van der Waals surface area contributed by atoms with Crippen LogP contribution in [0.25, 0.3) is 0 Å². The van der Waals surface area contributed by atoms with Crippen molar-refractivity contribution >= 4 is 27.5 Å². The summed E-state index contributed by atoms with van der Waals surface area (Å²) in [5, 5.41) is 8.34. The Morgan fingerprint density at radius 2 is 2.10 bits per heavy atom. The number of nitrogens with zero attached hydrogens (tertiary/aromatic N) is 2. The van der Waals surface area contributed by atoms with Gasteiger partial charge in [0.2, 0.25) is 0 Å². The first-order chi connectivity index (χ1) is 9.33. The first-order valence-electron chi connectivity index (χ1n) is 6.54. The predicted molar refractivity (Wildman–Crippen MR) is 87.1 cm³/mol. The summed E-state index contributed by atoms with van der Waals surface area (Å²) >= 11 is 9.50. The van der Waals surface area contributed by atoms with Gasteiger partial charge in [0.05, 0.1) is 17.8 Å². The van der Waals surface area contributed by atoms with Crippen LogP contribution in [-0.4, -0.2) is 15.3 Å². The van der Waals surface area contributed by atoms with Crippen molar-refractivity contribution in [3.05, 3.63) is 51.2 Å². The normalized spacial score (nSPS) is 11.8. The van der Waals surface area contributed by atoms with E-state index < -0.39 is 0 Å². The van der Waals surface area contributed by atoms with E-state index in [0.717, 1.165) is 11.0 Å². The van der Waals surface area contributed by atoms with Crippen molar-refractivity contribution < 1.29 is 0 Å². The van der Waals surface area contributed by atoms with Gasteiger partial charge < -0.3 is 5.32 Å². The lowest BCUT2D eigenvalue weighted by atomic mass is 10.1. The van der Waals surface area contributed by atoms with Crippen LogP contribution in [0.4, 0.5) is 0 Å². The molecule has 0 amide bonds. The molecule has 0 fully saturated rings. The maximum absolute atomic E-state index is 5.87. The Kier molecular flexibility index (Phi) is 4.89. The van der Waals surface area contributed by atoms with Gasteiger partial charge in [0, 0.05) is 22.8 Å². The molecule has 0 atom stereocenters. The average Bonchev–Trinajstić information content (AvgIpc) is 2.74. The molecule has 3 nitrogen and oxygen atoms in total. The van der Waals surface area contributed by atoms with Crippen LogP contribution in [0, 0.1) is 0 Å². The maximum atomic E-state index is 5.87. The van der Waals surface area contributed by atoms with Crippen molar-refractivity contribution in [2.45, 2.75) is 39.4 Å². The zero-order valence-electron chi connectivity index (χ0n) is 12.0. The Morgan fingerprint density at radius 1 is 1.35 bits per heavy atom. The highest BCUT2D eigenvalue weighted by Gasteiger charge is 2.09. The molecule has 2 aromatic rings. The molecule has 0 aliphatic heterocycles. The molecule has 0 bridgehead atoms. The van der Waals surface area contributed by atoms with Gasteiger partial charge in [0.25, 0.3) is 0 Å². The fourth-order valence-corrected chi connectivity index (χ4v) is 2.50. The molecule has 1 heterocycles. The Labute approximate surface area is 133 Å². The number of nitrogens with one attached hydrogen (secondary N) is 1. The summed E-state index contributed by atoms with van der Waals surface area (Å²) < 4.78 is 2.92. The third kappa shape index (κ3) is 4.62. The summed E-state index contributed by atoms with van der Waals surface area (Å²) in [6.07, 6.45) is 3.47. The SMILES string of the molecule is CC(C)(C)NCc1ccc(Cn2cc(Cl)cn2)c(Br)c1. The number of halogens is 2. The molecule has 0 radical (unpaired) electrons. The second-order valence-corrected chi connectivity index (χ2v) is 7.18. The molecule has 0 saturated heterocycles. The van der Waals surface area contributed by atoms with Gasteiger partial charge in [-0.1, -0.05) is 39.7 Å². The van der Waals surface area contributed by atoms with Crippen molar-refractivity contribution in [1.82, 2.24) is 15.1 Å². The van der Waals surface area contributed by atoms with E-state index in [4.69, 9.17) is 11.6 Å². The number of hydrogen-bond donors (Lipinski definition) is 1. The molecule has 1 N–H and O–H groups in total. The number of rotatable bonds is 4. The van der Waals surface area contributed by atoms with E-state index in [1.807, 2.05) is 10.9 Å². The molecule has 1 aromatic heterocycles. The molecule has 0 spiro atoms. The minimum atomic E-state index is 0.122. The summed E-state index contributed by atoms with van der Waals surface area (Å²) in [5.74, 6) is 0. The van der Waals surface area contributed by atoms with Gasteiger partial charge in [0.1, 0.15) is 0 Å². The Balaban J connectivity index is 2.06. The lowest BCUT2D eigenvalue weighted by molar-refractivity contribution is 0.424. The molecular formula is C15H19BrClN3. The molecule has 1 aromatic carbocycles. The minimum absolute atomic E-state index is 0.122. The topological polar surface area (TPSA) is 29.9 Å². The molecule has 20 heavy (non-hydrogen) atoms. The standard InChI is InChI=1S/C15H19BrClN3/c1-15(2,3)18-7-11-4-5-12(14(16)6-11)9-20-10-13(17)8-19-20/h4-6,8,10,18H,7,9H2,1-3H3. The van der Waals surface area contributed by atoms with Gasteiger partial charge in [-0.25, -0.2) is 0 Å². The first kappa shape index (κ1) is 15.5. The van der Waals surface area contributed by atoms with Crippen molar-refractivity contribution in [2.24, 2.45) is 0 Å².